The van der Waals surface area contributed by atoms with Crippen LogP contribution < -0.4 is 0 Å². The number of allylic oxidation sites excluding steroid dienone is 1. The second-order valence-corrected chi connectivity index (χ2v) is 6.93. The molecule has 0 radical (unpaired) electrons. The van der Waals surface area contributed by atoms with E-state index in [-0.39, 0.29) is 6.61 Å². The van der Waals surface area contributed by atoms with Crippen LogP contribution in [-0.2, 0) is 6.54 Å². The van der Waals surface area contributed by atoms with Gasteiger partial charge < -0.3 is 9.52 Å². The molecule has 4 heteroatoms. The summed E-state index contributed by atoms with van der Waals surface area (Å²) in [5.41, 5.74) is 2.31. The van der Waals surface area contributed by atoms with Crippen molar-refractivity contribution in [2.45, 2.75) is 32.9 Å². The van der Waals surface area contributed by atoms with E-state index in [9.17, 15) is 5.11 Å². The lowest BCUT2D eigenvalue weighted by Gasteiger charge is -2.40. The highest BCUT2D eigenvalue weighted by Gasteiger charge is 2.26. The zero-order chi connectivity index (χ0) is 16.9. The minimum absolute atomic E-state index is 0.245. The maximum absolute atomic E-state index is 9.41. The summed E-state index contributed by atoms with van der Waals surface area (Å²) in [7, 11) is 0. The fourth-order valence-corrected chi connectivity index (χ4v) is 3.40. The van der Waals surface area contributed by atoms with Gasteiger partial charge in [0.25, 0.3) is 0 Å². The first kappa shape index (κ1) is 17.2. The van der Waals surface area contributed by atoms with Crippen LogP contribution in [0.1, 0.15) is 26.0 Å². The van der Waals surface area contributed by atoms with Crippen LogP contribution in [0.4, 0.5) is 0 Å². The molecule has 4 nitrogen and oxygen atoms in total. The van der Waals surface area contributed by atoms with Crippen molar-refractivity contribution in [2.75, 3.05) is 32.8 Å². The molecule has 2 heterocycles. The Morgan fingerprint density at radius 2 is 2.12 bits per heavy atom. The fourth-order valence-electron chi connectivity index (χ4n) is 3.40. The monoisotopic (exact) mass is 328 g/mol. The Labute approximate surface area is 144 Å². The topological polar surface area (TPSA) is 39.9 Å². The molecule has 1 aromatic heterocycles. The van der Waals surface area contributed by atoms with Crippen molar-refractivity contribution in [3.8, 4) is 0 Å². The van der Waals surface area contributed by atoms with Gasteiger partial charge in [-0.05, 0) is 32.4 Å². The first-order valence-electron chi connectivity index (χ1n) is 8.84. The summed E-state index contributed by atoms with van der Waals surface area (Å²) in [6.07, 6.45) is 3.10. The predicted octanol–water partition coefficient (Wildman–Crippen LogP) is 3.27. The molecular formula is C20H28N2O2. The van der Waals surface area contributed by atoms with E-state index in [1.165, 1.54) is 11.0 Å². The smallest absolute Gasteiger partial charge is 0.134 e. The first-order chi connectivity index (χ1) is 11.7. The minimum Gasteiger partial charge on any atom is -0.460 e. The molecule has 0 amide bonds. The highest BCUT2D eigenvalue weighted by atomic mass is 16.3. The van der Waals surface area contributed by atoms with Crippen molar-refractivity contribution in [2.24, 2.45) is 0 Å². The molecule has 1 atom stereocenters. The Balaban J connectivity index is 1.64. The zero-order valence-corrected chi connectivity index (χ0v) is 14.7. The quantitative estimate of drug-likeness (QED) is 0.826. The molecule has 1 N–H and O–H groups in total. The van der Waals surface area contributed by atoms with E-state index in [2.05, 4.69) is 41.9 Å². The van der Waals surface area contributed by atoms with Gasteiger partial charge in [-0.25, -0.2) is 0 Å². The molecule has 1 fully saturated rings. The summed E-state index contributed by atoms with van der Waals surface area (Å²) in [5.74, 6) is 1.02. The highest BCUT2D eigenvalue weighted by molar-refractivity contribution is 5.77. The van der Waals surface area contributed by atoms with Gasteiger partial charge in [-0.3, -0.25) is 9.80 Å². The average Bonchev–Trinajstić information content (AvgIpc) is 2.96. The van der Waals surface area contributed by atoms with Gasteiger partial charge in [-0.2, -0.15) is 0 Å². The van der Waals surface area contributed by atoms with E-state index >= 15 is 0 Å². The van der Waals surface area contributed by atoms with Gasteiger partial charge in [0.2, 0.25) is 0 Å². The lowest BCUT2D eigenvalue weighted by molar-refractivity contribution is 0.0604. The SMILES string of the molecule is CC(C)=CCN1CCN(Cc2cc3ccccc3o2)CC1CCO. The van der Waals surface area contributed by atoms with Crippen molar-refractivity contribution in [1.29, 1.82) is 0 Å². The standard InChI is InChI=1S/C20H28N2O2/c1-16(2)7-9-22-11-10-21(14-18(22)8-12-23)15-19-13-17-5-3-4-6-20(17)24-19/h3-7,13,18,23H,8-12,14-15H2,1-2H3. The van der Waals surface area contributed by atoms with E-state index in [4.69, 9.17) is 4.42 Å². The zero-order valence-electron chi connectivity index (χ0n) is 14.7. The van der Waals surface area contributed by atoms with Crippen LogP contribution in [0.5, 0.6) is 0 Å². The Morgan fingerprint density at radius 3 is 2.88 bits per heavy atom. The summed E-state index contributed by atoms with van der Waals surface area (Å²) in [6.45, 7) is 9.39. The van der Waals surface area contributed by atoms with Gasteiger partial charge in [-0.15, -0.1) is 0 Å². The average molecular weight is 328 g/mol. The molecular weight excluding hydrogens is 300 g/mol. The van der Waals surface area contributed by atoms with Crippen LogP contribution in [0.3, 0.4) is 0 Å². The summed E-state index contributed by atoms with van der Waals surface area (Å²) in [4.78, 5) is 4.93. The molecule has 1 aliphatic heterocycles. The van der Waals surface area contributed by atoms with Gasteiger partial charge in [-0.1, -0.05) is 29.8 Å². The number of hydrogen-bond donors (Lipinski definition) is 1. The van der Waals surface area contributed by atoms with Crippen LogP contribution in [0.15, 0.2) is 46.4 Å². The molecule has 130 valence electrons. The van der Waals surface area contributed by atoms with Crippen LogP contribution in [0.25, 0.3) is 11.0 Å². The molecule has 3 rings (SSSR count). The van der Waals surface area contributed by atoms with Crippen molar-refractivity contribution in [3.63, 3.8) is 0 Å². The largest absolute Gasteiger partial charge is 0.460 e. The molecule has 0 bridgehead atoms. The van der Waals surface area contributed by atoms with E-state index in [0.29, 0.717) is 6.04 Å². The number of benzene rings is 1. The van der Waals surface area contributed by atoms with Gasteiger partial charge in [0.1, 0.15) is 11.3 Å². The fraction of sp³-hybridized carbons (Fsp3) is 0.500. The molecule has 1 saturated heterocycles. The van der Waals surface area contributed by atoms with E-state index in [1.54, 1.807) is 0 Å². The summed E-state index contributed by atoms with van der Waals surface area (Å²) < 4.78 is 5.96. The second kappa shape index (κ2) is 7.97. The summed E-state index contributed by atoms with van der Waals surface area (Å²) in [5, 5.41) is 10.6. The summed E-state index contributed by atoms with van der Waals surface area (Å²) in [6, 6.07) is 10.7. The van der Waals surface area contributed by atoms with Crippen LogP contribution in [-0.4, -0.2) is 53.7 Å². The first-order valence-corrected chi connectivity index (χ1v) is 8.84. The van der Waals surface area contributed by atoms with E-state index in [1.807, 2.05) is 18.2 Å². The number of piperazine rings is 1. The molecule has 1 aromatic carbocycles. The maximum Gasteiger partial charge on any atom is 0.134 e. The predicted molar refractivity (Wildman–Crippen MR) is 98.0 cm³/mol. The number of aliphatic hydroxyl groups is 1. The third kappa shape index (κ3) is 4.26. The molecule has 24 heavy (non-hydrogen) atoms. The molecule has 2 aromatic rings. The summed E-state index contributed by atoms with van der Waals surface area (Å²) >= 11 is 0. The van der Waals surface area contributed by atoms with E-state index in [0.717, 1.165) is 50.5 Å². The third-order valence-corrected chi connectivity index (χ3v) is 4.74. The Bertz CT molecular complexity index is 655. The van der Waals surface area contributed by atoms with Crippen molar-refractivity contribution in [1.82, 2.24) is 9.80 Å². The van der Waals surface area contributed by atoms with Crippen LogP contribution in [0, 0.1) is 0 Å². The van der Waals surface area contributed by atoms with Gasteiger partial charge >= 0.3 is 0 Å². The van der Waals surface area contributed by atoms with Gasteiger partial charge in [0, 0.05) is 44.2 Å². The number of hydrogen-bond acceptors (Lipinski definition) is 4. The maximum atomic E-state index is 9.41. The lowest BCUT2D eigenvalue weighted by Crippen LogP contribution is -2.53. The Morgan fingerprint density at radius 1 is 1.29 bits per heavy atom. The van der Waals surface area contributed by atoms with Crippen molar-refractivity contribution >= 4 is 11.0 Å². The van der Waals surface area contributed by atoms with Crippen LogP contribution >= 0.6 is 0 Å². The molecule has 0 aliphatic carbocycles. The molecule has 1 unspecified atom stereocenters. The minimum atomic E-state index is 0.245. The highest BCUT2D eigenvalue weighted by Crippen LogP contribution is 2.22. The van der Waals surface area contributed by atoms with Gasteiger partial charge in [0.15, 0.2) is 0 Å². The van der Waals surface area contributed by atoms with E-state index < -0.39 is 0 Å². The second-order valence-electron chi connectivity index (χ2n) is 6.93. The molecule has 0 saturated carbocycles. The third-order valence-electron chi connectivity index (χ3n) is 4.74. The normalized spacial score (nSPS) is 19.7. The molecule has 0 spiro atoms. The Kier molecular flexibility index (Phi) is 5.72. The number of furan rings is 1. The van der Waals surface area contributed by atoms with Gasteiger partial charge in [0.05, 0.1) is 6.54 Å². The van der Waals surface area contributed by atoms with Crippen molar-refractivity contribution in [3.05, 3.63) is 47.7 Å². The van der Waals surface area contributed by atoms with Crippen LogP contribution in [0.2, 0.25) is 0 Å². The number of aliphatic hydroxyl groups excluding tert-OH is 1. The Hall–Kier alpha value is -1.62. The van der Waals surface area contributed by atoms with Crippen molar-refractivity contribution < 1.29 is 9.52 Å². The number of fused-ring (bicyclic) bond motifs is 1. The lowest BCUT2D eigenvalue weighted by atomic mass is 10.1. The number of nitrogens with zero attached hydrogens (tertiary/aromatic N) is 2. The number of para-hydroxylation sites is 1. The number of rotatable bonds is 6. The molecule has 1 aliphatic rings.